The van der Waals surface area contributed by atoms with Crippen LogP contribution in [0.3, 0.4) is 0 Å². The number of hydrogen-bond donors (Lipinski definition) is 4. The molecule has 2 aromatic carbocycles. The molecule has 41 heavy (non-hydrogen) atoms. The van der Waals surface area contributed by atoms with Gasteiger partial charge in [-0.05, 0) is 54.5 Å². The fourth-order valence-electron chi connectivity index (χ4n) is 9.62. The van der Waals surface area contributed by atoms with Crippen molar-refractivity contribution in [1.82, 2.24) is 21.3 Å². The molecule has 6 fully saturated rings. The Morgan fingerprint density at radius 3 is 1.93 bits per heavy atom. The van der Waals surface area contributed by atoms with E-state index in [1.54, 1.807) is 16.7 Å². The first-order chi connectivity index (χ1) is 19.3. The third kappa shape index (κ3) is 6.11. The van der Waals surface area contributed by atoms with Gasteiger partial charge in [0.1, 0.15) is 0 Å². The molecule has 0 spiro atoms. The molecule has 7 atom stereocenters. The Kier molecular flexibility index (Phi) is 10.3. The summed E-state index contributed by atoms with van der Waals surface area (Å²) >= 11 is 0. The van der Waals surface area contributed by atoms with Gasteiger partial charge in [-0.25, -0.2) is 18.2 Å². The zero-order valence-electron chi connectivity index (χ0n) is 25.5. The zero-order valence-corrected chi connectivity index (χ0v) is 28.9. The Hall–Kier alpha value is -0.0805. The van der Waals surface area contributed by atoms with Gasteiger partial charge in [0.15, 0.2) is 0 Å². The van der Waals surface area contributed by atoms with E-state index < -0.39 is 0 Å². The average molecular weight is 637 g/mol. The van der Waals surface area contributed by atoms with Gasteiger partial charge in [-0.3, -0.25) is 0 Å². The average Bonchev–Trinajstić information content (AvgIpc) is 3.68. The number of hydrogen-bond acceptors (Lipinski definition) is 4. The van der Waals surface area contributed by atoms with Gasteiger partial charge in [0.25, 0.3) is 0 Å². The van der Waals surface area contributed by atoms with Crippen LogP contribution < -0.4 is 21.3 Å². The fraction of sp³-hybridized carbons (Fsp3) is 0.706. The van der Waals surface area contributed by atoms with Crippen molar-refractivity contribution in [3.05, 3.63) is 59.2 Å². The smallest absolute Gasteiger partial charge is 0.314 e. The number of rotatable bonds is 5. The summed E-state index contributed by atoms with van der Waals surface area (Å²) in [7, 11) is 6.66. The van der Waals surface area contributed by atoms with Crippen LogP contribution in [-0.2, 0) is 33.1 Å². The van der Waals surface area contributed by atoms with Crippen molar-refractivity contribution in [2.24, 2.45) is 23.7 Å². The summed E-state index contributed by atoms with van der Waals surface area (Å²) in [6.45, 7) is 13.5. The molecule has 4 nitrogen and oxygen atoms in total. The molecule has 6 aliphatic rings. The van der Waals surface area contributed by atoms with Crippen LogP contribution in [0, 0.1) is 23.7 Å². The topological polar surface area (TPSA) is 48.1 Å². The summed E-state index contributed by atoms with van der Waals surface area (Å²) < 4.78 is 0. The quantitative estimate of drug-likeness (QED) is 0.215. The van der Waals surface area contributed by atoms with E-state index >= 15 is 0 Å². The third-order valence-electron chi connectivity index (χ3n) is 11.3. The number of piperazine rings is 2. The molecular formula is C34H54FeN4P2. The monoisotopic (exact) mass is 636 g/mol. The van der Waals surface area contributed by atoms with Gasteiger partial charge in [-0.15, -0.1) is 18.5 Å². The first-order valence-electron chi connectivity index (χ1n) is 16.1. The van der Waals surface area contributed by atoms with E-state index in [-0.39, 0.29) is 27.6 Å². The second-order valence-corrected chi connectivity index (χ2v) is 16.2. The molecule has 0 radical (unpaired) electrons. The maximum Gasteiger partial charge on any atom is 2.00 e. The van der Waals surface area contributed by atoms with Crippen LogP contribution in [0.25, 0.3) is 0 Å². The summed E-state index contributed by atoms with van der Waals surface area (Å²) in [5.41, 5.74) is 5.44. The van der Waals surface area contributed by atoms with Crippen molar-refractivity contribution in [2.75, 3.05) is 45.4 Å². The molecule has 7 unspecified atom stereocenters. The van der Waals surface area contributed by atoms with Crippen LogP contribution in [0.4, 0.5) is 0 Å². The summed E-state index contributed by atoms with van der Waals surface area (Å²) in [5.74, 6) is 3.65. The van der Waals surface area contributed by atoms with E-state index in [9.17, 15) is 0 Å². The van der Waals surface area contributed by atoms with E-state index in [0.717, 1.165) is 62.9 Å². The van der Waals surface area contributed by atoms with E-state index in [1.165, 1.54) is 38.3 Å². The van der Waals surface area contributed by atoms with Gasteiger partial charge in [-0.2, -0.15) is 41.0 Å². The van der Waals surface area contributed by atoms with Crippen molar-refractivity contribution in [1.29, 1.82) is 0 Å². The zero-order chi connectivity index (χ0) is 28.0. The molecule has 4 aliphatic carbocycles. The molecule has 2 aliphatic heterocycles. The molecule has 8 rings (SSSR count). The van der Waals surface area contributed by atoms with Crippen LogP contribution in [0.2, 0.25) is 0 Å². The van der Waals surface area contributed by atoms with Crippen LogP contribution >= 0.6 is 18.5 Å². The van der Waals surface area contributed by atoms with Gasteiger partial charge in [-0.1, -0.05) is 39.0 Å². The molecule has 0 amide bonds. The van der Waals surface area contributed by atoms with E-state index in [4.69, 9.17) is 0 Å². The van der Waals surface area contributed by atoms with Gasteiger partial charge in [0, 0.05) is 56.5 Å². The summed E-state index contributed by atoms with van der Waals surface area (Å²) in [4.78, 5) is 0. The molecule has 0 aromatic heterocycles. The van der Waals surface area contributed by atoms with Crippen LogP contribution in [-0.4, -0.2) is 57.5 Å². The van der Waals surface area contributed by atoms with Crippen molar-refractivity contribution in [3.8, 4) is 0 Å². The van der Waals surface area contributed by atoms with Crippen LogP contribution in [0.15, 0.2) is 42.5 Å². The molecule has 4 saturated carbocycles. The van der Waals surface area contributed by atoms with E-state index in [1.807, 2.05) is 30.3 Å². The minimum atomic E-state index is -0.0472. The molecule has 7 heteroatoms. The minimum absolute atomic E-state index is 0. The van der Waals surface area contributed by atoms with Gasteiger partial charge < -0.3 is 21.3 Å². The second-order valence-electron chi connectivity index (χ2n) is 14.7. The Bertz CT molecular complexity index is 1050. The maximum atomic E-state index is 3.97. The third-order valence-corrected chi connectivity index (χ3v) is 13.0. The molecule has 4 bridgehead atoms. The first-order valence-corrected chi connectivity index (χ1v) is 17.5. The SMILES string of the molecule is CC(C)(C)c1cc(C23CC4CC(CC(C4)C2CP)C3)c(C(P)(C2CNCCN2)C2CNCCN2)[cH-]1.[Fe+2].c1cc[cH-]c1. The minimum Gasteiger partial charge on any atom is -0.314 e. The molecule has 2 heterocycles. The van der Waals surface area contributed by atoms with Gasteiger partial charge in [0.05, 0.1) is 0 Å². The maximum absolute atomic E-state index is 3.97. The fourth-order valence-corrected chi connectivity index (χ4v) is 11.2. The van der Waals surface area contributed by atoms with Crippen LogP contribution in [0.1, 0.15) is 69.6 Å². The molecule has 2 aromatic rings. The van der Waals surface area contributed by atoms with Crippen molar-refractivity contribution in [2.45, 2.75) is 80.9 Å². The largest absolute Gasteiger partial charge is 2.00 e. The van der Waals surface area contributed by atoms with Crippen molar-refractivity contribution >= 4 is 18.5 Å². The summed E-state index contributed by atoms with van der Waals surface area (Å²) in [6.07, 6.45) is 8.59. The van der Waals surface area contributed by atoms with Gasteiger partial charge in [0.2, 0.25) is 0 Å². The Morgan fingerprint density at radius 1 is 0.902 bits per heavy atom. The predicted molar refractivity (Wildman–Crippen MR) is 177 cm³/mol. The summed E-state index contributed by atoms with van der Waals surface area (Å²) in [5, 5.41) is 15.4. The first kappa shape index (κ1) is 32.3. The molecular weight excluding hydrogens is 582 g/mol. The number of nitrogens with one attached hydrogen (secondary N) is 4. The second kappa shape index (κ2) is 13.1. The van der Waals surface area contributed by atoms with Gasteiger partial charge >= 0.3 is 17.1 Å². The molecule has 228 valence electrons. The Labute approximate surface area is 265 Å². The van der Waals surface area contributed by atoms with E-state index in [0.29, 0.717) is 17.5 Å². The Balaban J connectivity index is 0.000000510. The predicted octanol–water partition coefficient (Wildman–Crippen LogP) is 4.87. The van der Waals surface area contributed by atoms with Crippen molar-refractivity contribution in [3.63, 3.8) is 0 Å². The Morgan fingerprint density at radius 2 is 1.49 bits per heavy atom. The normalized spacial score (nSPS) is 36.1. The van der Waals surface area contributed by atoms with Crippen LogP contribution in [0.5, 0.6) is 0 Å². The molecule has 2 saturated heterocycles. The van der Waals surface area contributed by atoms with Crippen molar-refractivity contribution < 1.29 is 17.1 Å². The standard InChI is InChI=1S/C29H49N4P2.C5H5.Fe/c1-27(2,3)21-11-22(28-13-18-8-19(14-28)10-20(9-18)24(28)17-34)23(12-21)29(35,25-15-30-4-6-32-25)26-16-31-5-7-33-26;1-2-4-5-3-1;/h11-12,18-20,24-26,30-33H,4-10,13-17,34-35H2,1-3H3;1-5H;/q2*-1;+2. The summed E-state index contributed by atoms with van der Waals surface area (Å²) in [6, 6.07) is 16.2. The molecule has 4 N–H and O–H groups in total. The van der Waals surface area contributed by atoms with E-state index in [2.05, 4.69) is 72.7 Å².